The van der Waals surface area contributed by atoms with E-state index in [1.54, 1.807) is 0 Å². The molecule has 0 radical (unpaired) electrons. The molecule has 1 aromatic rings. The van der Waals surface area contributed by atoms with Crippen LogP contribution in [0.15, 0.2) is 22.7 Å². The Morgan fingerprint density at radius 1 is 1.50 bits per heavy atom. The monoisotopic (exact) mass is 326 g/mol. The van der Waals surface area contributed by atoms with Gasteiger partial charge in [0.05, 0.1) is 0 Å². The van der Waals surface area contributed by atoms with E-state index in [2.05, 4.69) is 39.9 Å². The topological polar surface area (TPSA) is 29.3 Å². The van der Waals surface area contributed by atoms with Gasteiger partial charge in [-0.05, 0) is 47.3 Å². The van der Waals surface area contributed by atoms with Crippen LogP contribution in [0.5, 0.6) is 0 Å². The molecule has 0 spiro atoms. The van der Waals surface area contributed by atoms with E-state index in [-0.39, 0.29) is 0 Å². The first-order valence-electron chi connectivity index (χ1n) is 6.50. The van der Waals surface area contributed by atoms with Crippen LogP contribution >= 0.6 is 28.1 Å². The Labute approximate surface area is 123 Å². The highest BCUT2D eigenvalue weighted by atomic mass is 79.9. The molecule has 98 valence electrons. The molecule has 0 unspecified atom stereocenters. The average Bonchev–Trinajstić information content (AvgIpc) is 3.13. The fourth-order valence-electron chi connectivity index (χ4n) is 2.21. The lowest BCUT2D eigenvalue weighted by Gasteiger charge is -2.27. The maximum absolute atomic E-state index is 5.88. The Balaban J connectivity index is 2.34. The second-order valence-corrected chi connectivity index (χ2v) is 6.07. The van der Waals surface area contributed by atoms with Gasteiger partial charge in [0.15, 0.2) is 0 Å². The van der Waals surface area contributed by atoms with Crippen molar-refractivity contribution in [1.82, 2.24) is 0 Å². The highest BCUT2D eigenvalue weighted by molar-refractivity contribution is 9.10. The highest BCUT2D eigenvalue weighted by Gasteiger charge is 2.30. The Morgan fingerprint density at radius 2 is 2.22 bits per heavy atom. The second-order valence-electron chi connectivity index (χ2n) is 4.78. The van der Waals surface area contributed by atoms with Crippen molar-refractivity contribution in [2.24, 2.45) is 5.73 Å². The molecule has 0 atom stereocenters. The van der Waals surface area contributed by atoms with Gasteiger partial charge < -0.3 is 10.6 Å². The van der Waals surface area contributed by atoms with Crippen molar-refractivity contribution in [2.75, 3.05) is 11.4 Å². The minimum Gasteiger partial charge on any atom is -0.389 e. The number of hydrogen-bond acceptors (Lipinski definition) is 2. The van der Waals surface area contributed by atoms with E-state index < -0.39 is 0 Å². The first-order chi connectivity index (χ1) is 8.65. The van der Waals surface area contributed by atoms with Crippen LogP contribution in [0.4, 0.5) is 5.69 Å². The summed E-state index contributed by atoms with van der Waals surface area (Å²) in [5, 5.41) is 0. The first-order valence-corrected chi connectivity index (χ1v) is 7.70. The minimum atomic E-state index is 0.472. The molecule has 1 aliphatic rings. The van der Waals surface area contributed by atoms with E-state index in [1.165, 1.54) is 31.4 Å². The van der Waals surface area contributed by atoms with Gasteiger partial charge in [0.2, 0.25) is 0 Å². The van der Waals surface area contributed by atoms with Crippen molar-refractivity contribution in [1.29, 1.82) is 0 Å². The van der Waals surface area contributed by atoms with Gasteiger partial charge in [-0.3, -0.25) is 0 Å². The van der Waals surface area contributed by atoms with Crippen molar-refractivity contribution >= 4 is 38.8 Å². The lowest BCUT2D eigenvalue weighted by molar-refractivity contribution is 0.712. The van der Waals surface area contributed by atoms with Crippen molar-refractivity contribution in [2.45, 2.75) is 38.6 Å². The second kappa shape index (κ2) is 6.02. The zero-order valence-corrected chi connectivity index (χ0v) is 13.1. The van der Waals surface area contributed by atoms with Crippen LogP contribution in [0.25, 0.3) is 0 Å². The number of nitrogens with zero attached hydrogens (tertiary/aromatic N) is 1. The van der Waals surface area contributed by atoms with Gasteiger partial charge in [0.25, 0.3) is 0 Å². The van der Waals surface area contributed by atoms with Crippen LogP contribution in [0.3, 0.4) is 0 Å². The summed E-state index contributed by atoms with van der Waals surface area (Å²) in [4.78, 5) is 2.95. The number of hydrogen-bond donors (Lipinski definition) is 1. The SMILES string of the molecule is CCCCN(c1cccc(Br)c1C(N)=S)C1CC1. The smallest absolute Gasteiger partial charge is 0.107 e. The fraction of sp³-hybridized carbons (Fsp3) is 0.500. The van der Waals surface area contributed by atoms with Gasteiger partial charge in [0.1, 0.15) is 4.99 Å². The summed E-state index contributed by atoms with van der Waals surface area (Å²) in [7, 11) is 0. The summed E-state index contributed by atoms with van der Waals surface area (Å²) >= 11 is 8.76. The molecule has 0 aliphatic heterocycles. The molecule has 1 aliphatic carbocycles. The Kier molecular flexibility index (Phi) is 4.62. The summed E-state index contributed by atoms with van der Waals surface area (Å²) < 4.78 is 0.995. The zero-order valence-electron chi connectivity index (χ0n) is 10.7. The van der Waals surface area contributed by atoms with Gasteiger partial charge in [-0.1, -0.05) is 31.6 Å². The van der Waals surface area contributed by atoms with Gasteiger partial charge >= 0.3 is 0 Å². The number of benzene rings is 1. The molecule has 1 aromatic carbocycles. The molecule has 1 fully saturated rings. The number of unbranched alkanes of at least 4 members (excludes halogenated alkanes) is 1. The van der Waals surface area contributed by atoms with E-state index >= 15 is 0 Å². The highest BCUT2D eigenvalue weighted by Crippen LogP contribution is 2.36. The summed E-state index contributed by atoms with van der Waals surface area (Å²) in [6.07, 6.45) is 4.99. The molecule has 18 heavy (non-hydrogen) atoms. The van der Waals surface area contributed by atoms with Crippen LogP contribution in [0.2, 0.25) is 0 Å². The normalized spacial score (nSPS) is 14.6. The standard InChI is InChI=1S/C14H19BrN2S/c1-2-3-9-17(10-7-8-10)12-6-4-5-11(15)13(12)14(16)18/h4-6,10H,2-3,7-9H2,1H3,(H2,16,18). The molecule has 2 nitrogen and oxygen atoms in total. The van der Waals surface area contributed by atoms with Crippen molar-refractivity contribution in [3.8, 4) is 0 Å². The first kappa shape index (κ1) is 13.8. The van der Waals surface area contributed by atoms with Crippen molar-refractivity contribution in [3.63, 3.8) is 0 Å². The Morgan fingerprint density at radius 3 is 2.78 bits per heavy atom. The third-order valence-electron chi connectivity index (χ3n) is 3.29. The van der Waals surface area contributed by atoms with E-state index in [1.807, 2.05) is 6.07 Å². The molecular formula is C14H19BrN2S. The average molecular weight is 327 g/mol. The van der Waals surface area contributed by atoms with Crippen LogP contribution in [-0.2, 0) is 0 Å². The predicted octanol–water partition coefficient (Wildman–Crippen LogP) is 3.85. The molecule has 0 aromatic heterocycles. The van der Waals surface area contributed by atoms with Crippen LogP contribution in [0, 0.1) is 0 Å². The fourth-order valence-corrected chi connectivity index (χ4v) is 3.13. The van der Waals surface area contributed by atoms with E-state index in [4.69, 9.17) is 18.0 Å². The largest absolute Gasteiger partial charge is 0.389 e. The molecule has 0 heterocycles. The van der Waals surface area contributed by atoms with Gasteiger partial charge in [-0.2, -0.15) is 0 Å². The third-order valence-corrected chi connectivity index (χ3v) is 4.15. The molecule has 0 bridgehead atoms. The number of nitrogens with two attached hydrogens (primary N) is 1. The molecule has 4 heteroatoms. The van der Waals surface area contributed by atoms with Crippen molar-refractivity contribution in [3.05, 3.63) is 28.2 Å². The molecule has 1 saturated carbocycles. The molecule has 0 amide bonds. The Hall–Kier alpha value is -0.610. The third kappa shape index (κ3) is 3.04. The number of rotatable bonds is 6. The lowest BCUT2D eigenvalue weighted by Crippen LogP contribution is -2.29. The lowest BCUT2D eigenvalue weighted by atomic mass is 10.1. The van der Waals surface area contributed by atoms with Crippen LogP contribution < -0.4 is 10.6 Å². The predicted molar refractivity (Wildman–Crippen MR) is 85.3 cm³/mol. The maximum atomic E-state index is 5.88. The number of thiocarbonyl (C=S) groups is 1. The molecule has 2 N–H and O–H groups in total. The van der Waals surface area contributed by atoms with E-state index in [0.29, 0.717) is 11.0 Å². The van der Waals surface area contributed by atoms with Crippen molar-refractivity contribution < 1.29 is 0 Å². The Bertz CT molecular complexity index is 443. The van der Waals surface area contributed by atoms with Crippen LogP contribution in [0.1, 0.15) is 38.2 Å². The maximum Gasteiger partial charge on any atom is 0.107 e. The van der Waals surface area contributed by atoms with Gasteiger partial charge in [-0.25, -0.2) is 0 Å². The summed E-state index contributed by atoms with van der Waals surface area (Å²) in [5.41, 5.74) is 8.05. The van der Waals surface area contributed by atoms with Gasteiger partial charge in [0, 0.05) is 28.3 Å². The number of halogens is 1. The quantitative estimate of drug-likeness (QED) is 0.805. The van der Waals surface area contributed by atoms with Crippen LogP contribution in [-0.4, -0.2) is 17.6 Å². The van der Waals surface area contributed by atoms with Gasteiger partial charge in [-0.15, -0.1) is 0 Å². The van der Waals surface area contributed by atoms with E-state index in [0.717, 1.165) is 16.6 Å². The zero-order chi connectivity index (χ0) is 13.1. The summed E-state index contributed by atoms with van der Waals surface area (Å²) in [5.74, 6) is 0. The summed E-state index contributed by atoms with van der Waals surface area (Å²) in [6.45, 7) is 3.31. The molecule has 0 saturated heterocycles. The summed E-state index contributed by atoms with van der Waals surface area (Å²) in [6, 6.07) is 6.87. The molecular weight excluding hydrogens is 308 g/mol. The molecule has 2 rings (SSSR count). The minimum absolute atomic E-state index is 0.472. The number of anilines is 1. The van der Waals surface area contributed by atoms with E-state index in [9.17, 15) is 0 Å².